The lowest BCUT2D eigenvalue weighted by atomic mass is 10.1. The molecule has 0 unspecified atom stereocenters. The monoisotopic (exact) mass is 441 g/mol. The molecule has 2 rings (SSSR count). The van der Waals surface area contributed by atoms with Crippen molar-refractivity contribution >= 4 is 20.3 Å². The number of ether oxygens (including phenoxy) is 2. The molecule has 0 saturated heterocycles. The van der Waals surface area contributed by atoms with Crippen LogP contribution in [-0.4, -0.2) is 35.0 Å². The van der Waals surface area contributed by atoms with Crippen molar-refractivity contribution < 1.29 is 18.7 Å². The van der Waals surface area contributed by atoms with Crippen molar-refractivity contribution in [3.63, 3.8) is 0 Å². The van der Waals surface area contributed by atoms with Gasteiger partial charge < -0.3 is 19.2 Å². The van der Waals surface area contributed by atoms with Gasteiger partial charge in [-0.15, -0.1) is 0 Å². The van der Waals surface area contributed by atoms with Crippen LogP contribution in [0.5, 0.6) is 17.2 Å². The first-order valence-corrected chi connectivity index (χ1v) is 13.4. The van der Waals surface area contributed by atoms with Crippen LogP contribution in [0.15, 0.2) is 48.5 Å². The molecule has 0 spiro atoms. The van der Waals surface area contributed by atoms with Gasteiger partial charge in [-0.3, -0.25) is 4.79 Å². The highest BCUT2D eigenvalue weighted by Crippen LogP contribution is 2.37. The van der Waals surface area contributed by atoms with E-state index in [2.05, 4.69) is 39.2 Å². The predicted molar refractivity (Wildman–Crippen MR) is 130 cm³/mol. The molecular weight excluding hydrogens is 406 g/mol. The van der Waals surface area contributed by atoms with Crippen molar-refractivity contribution in [3.8, 4) is 17.2 Å². The third-order valence-corrected chi connectivity index (χ3v) is 10.0. The fourth-order valence-electron chi connectivity index (χ4n) is 2.69. The molecule has 31 heavy (non-hydrogen) atoms. The second-order valence-electron chi connectivity index (χ2n) is 9.00. The summed E-state index contributed by atoms with van der Waals surface area (Å²) in [6.45, 7) is 11.7. The van der Waals surface area contributed by atoms with Crippen molar-refractivity contribution in [2.45, 2.75) is 45.3 Å². The molecule has 0 bridgehead atoms. The zero-order valence-corrected chi connectivity index (χ0v) is 20.7. The molecule has 0 aliphatic heterocycles. The summed E-state index contributed by atoms with van der Waals surface area (Å²) in [5, 5.41) is 3.06. The van der Waals surface area contributed by atoms with Gasteiger partial charge in [-0.1, -0.05) is 39.0 Å². The van der Waals surface area contributed by atoms with E-state index in [4.69, 9.17) is 13.9 Å². The molecular formula is C25H35NO4Si. The summed E-state index contributed by atoms with van der Waals surface area (Å²) in [6, 6.07) is 13.6. The van der Waals surface area contributed by atoms with Crippen LogP contribution in [0.1, 0.15) is 31.9 Å². The van der Waals surface area contributed by atoms with Crippen molar-refractivity contribution in [2.75, 3.05) is 20.8 Å². The Labute approximate surface area is 187 Å². The molecule has 0 radical (unpaired) electrons. The molecule has 1 N–H and O–H groups in total. The van der Waals surface area contributed by atoms with E-state index in [0.717, 1.165) is 16.9 Å². The van der Waals surface area contributed by atoms with E-state index < -0.39 is 8.32 Å². The summed E-state index contributed by atoms with van der Waals surface area (Å²) in [4.78, 5) is 12.1. The highest BCUT2D eigenvalue weighted by molar-refractivity contribution is 6.74. The Morgan fingerprint density at radius 1 is 1.00 bits per heavy atom. The first-order chi connectivity index (χ1) is 14.6. The van der Waals surface area contributed by atoms with E-state index in [9.17, 15) is 4.79 Å². The minimum Gasteiger partial charge on any atom is -0.544 e. The summed E-state index contributed by atoms with van der Waals surface area (Å²) < 4.78 is 16.8. The molecule has 5 nitrogen and oxygen atoms in total. The predicted octanol–water partition coefficient (Wildman–Crippen LogP) is 5.46. The SMILES string of the molecule is COc1ccc(CCNC(=O)/C=C/c2ccc(O[Si](C)(C)C(C)(C)C)cc2)cc1OC. The Kier molecular flexibility index (Phi) is 8.33. The third-order valence-electron chi connectivity index (χ3n) is 5.65. The van der Waals surface area contributed by atoms with Crippen molar-refractivity contribution in [2.24, 2.45) is 0 Å². The highest BCUT2D eigenvalue weighted by atomic mass is 28.4. The molecule has 0 atom stereocenters. The van der Waals surface area contributed by atoms with Crippen LogP contribution in [0.25, 0.3) is 6.08 Å². The topological polar surface area (TPSA) is 56.8 Å². The standard InChI is InChI=1S/C25H35NO4Si/c1-25(2,3)31(6,7)30-21-12-8-19(9-13-21)11-15-24(27)26-17-16-20-10-14-22(28-4)23(18-20)29-5/h8-15,18H,16-17H2,1-7H3,(H,26,27)/b15-11+. The number of carbonyl (C=O) groups is 1. The molecule has 0 aromatic heterocycles. The van der Waals surface area contributed by atoms with Crippen LogP contribution in [0.2, 0.25) is 18.1 Å². The Hall–Kier alpha value is -2.73. The molecule has 0 aliphatic carbocycles. The summed E-state index contributed by atoms with van der Waals surface area (Å²) >= 11 is 0. The Balaban J connectivity index is 1.85. The summed E-state index contributed by atoms with van der Waals surface area (Å²) in [6.07, 6.45) is 4.07. The average molecular weight is 442 g/mol. The molecule has 1 amide bonds. The molecule has 0 heterocycles. The smallest absolute Gasteiger partial charge is 0.250 e. The van der Waals surface area contributed by atoms with Gasteiger partial charge in [-0.25, -0.2) is 0 Å². The summed E-state index contributed by atoms with van der Waals surface area (Å²) in [5.41, 5.74) is 2.02. The summed E-state index contributed by atoms with van der Waals surface area (Å²) in [7, 11) is 1.37. The Bertz CT molecular complexity index is 899. The van der Waals surface area contributed by atoms with Gasteiger partial charge in [0.1, 0.15) is 5.75 Å². The van der Waals surface area contributed by atoms with Crippen LogP contribution < -0.4 is 19.2 Å². The minimum absolute atomic E-state index is 0.123. The second-order valence-corrected chi connectivity index (χ2v) is 13.7. The minimum atomic E-state index is -1.85. The van der Waals surface area contributed by atoms with E-state index in [1.807, 2.05) is 48.5 Å². The largest absolute Gasteiger partial charge is 0.544 e. The van der Waals surface area contributed by atoms with Gasteiger partial charge in [0.15, 0.2) is 11.5 Å². The Morgan fingerprint density at radius 2 is 1.65 bits per heavy atom. The van der Waals surface area contributed by atoms with Crippen LogP contribution in [0, 0.1) is 0 Å². The first-order valence-electron chi connectivity index (χ1n) is 10.5. The van der Waals surface area contributed by atoms with E-state index in [1.54, 1.807) is 20.3 Å². The van der Waals surface area contributed by atoms with Gasteiger partial charge in [0.05, 0.1) is 14.2 Å². The molecule has 0 aliphatic rings. The van der Waals surface area contributed by atoms with Gasteiger partial charge in [0, 0.05) is 12.6 Å². The van der Waals surface area contributed by atoms with E-state index in [-0.39, 0.29) is 10.9 Å². The average Bonchev–Trinajstić information content (AvgIpc) is 2.72. The number of rotatable bonds is 9. The van der Waals surface area contributed by atoms with Gasteiger partial charge in [0.25, 0.3) is 0 Å². The fourth-order valence-corrected chi connectivity index (χ4v) is 3.72. The van der Waals surface area contributed by atoms with Crippen molar-refractivity contribution in [3.05, 3.63) is 59.7 Å². The van der Waals surface area contributed by atoms with Crippen LogP contribution >= 0.6 is 0 Å². The number of methoxy groups -OCH3 is 2. The van der Waals surface area contributed by atoms with Crippen LogP contribution in [-0.2, 0) is 11.2 Å². The third kappa shape index (κ3) is 7.17. The zero-order valence-electron chi connectivity index (χ0n) is 19.7. The second kappa shape index (κ2) is 10.5. The number of amides is 1. The number of benzene rings is 2. The van der Waals surface area contributed by atoms with Gasteiger partial charge in [-0.2, -0.15) is 0 Å². The lowest BCUT2D eigenvalue weighted by molar-refractivity contribution is -0.116. The maximum Gasteiger partial charge on any atom is 0.250 e. The van der Waals surface area contributed by atoms with Crippen molar-refractivity contribution in [1.29, 1.82) is 0 Å². The zero-order chi connectivity index (χ0) is 23.1. The highest BCUT2D eigenvalue weighted by Gasteiger charge is 2.38. The molecule has 6 heteroatoms. The number of hydrogen-bond acceptors (Lipinski definition) is 4. The lowest BCUT2D eigenvalue weighted by Gasteiger charge is -2.36. The van der Waals surface area contributed by atoms with Crippen molar-refractivity contribution in [1.82, 2.24) is 5.32 Å². The molecule has 2 aromatic rings. The van der Waals surface area contributed by atoms with E-state index >= 15 is 0 Å². The maximum atomic E-state index is 12.1. The quantitative estimate of drug-likeness (QED) is 0.415. The van der Waals surface area contributed by atoms with Gasteiger partial charge >= 0.3 is 0 Å². The molecule has 2 aromatic carbocycles. The number of nitrogens with one attached hydrogen (secondary N) is 1. The fraction of sp³-hybridized carbons (Fsp3) is 0.400. The number of hydrogen-bond donors (Lipinski definition) is 1. The Morgan fingerprint density at radius 3 is 2.23 bits per heavy atom. The lowest BCUT2D eigenvalue weighted by Crippen LogP contribution is -2.43. The first kappa shape index (κ1) is 24.5. The molecule has 168 valence electrons. The number of carbonyl (C=O) groups excluding carboxylic acids is 1. The molecule has 0 saturated carbocycles. The van der Waals surface area contributed by atoms with Crippen LogP contribution in [0.3, 0.4) is 0 Å². The van der Waals surface area contributed by atoms with E-state index in [0.29, 0.717) is 24.5 Å². The maximum absolute atomic E-state index is 12.1. The van der Waals surface area contributed by atoms with E-state index in [1.165, 1.54) is 0 Å². The normalized spacial score (nSPS) is 12.0. The molecule has 0 fully saturated rings. The van der Waals surface area contributed by atoms with Gasteiger partial charge in [-0.05, 0) is 66.0 Å². The van der Waals surface area contributed by atoms with Crippen LogP contribution in [0.4, 0.5) is 0 Å². The van der Waals surface area contributed by atoms with Gasteiger partial charge in [0.2, 0.25) is 14.2 Å². The summed E-state index contributed by atoms with van der Waals surface area (Å²) in [5.74, 6) is 2.14.